The van der Waals surface area contributed by atoms with E-state index in [9.17, 15) is 9.59 Å². The van der Waals surface area contributed by atoms with Gasteiger partial charge in [0.1, 0.15) is 5.82 Å². The number of carbonyl (C=O) groups excluding carboxylic acids is 2. The number of amides is 2. The van der Waals surface area contributed by atoms with E-state index in [-0.39, 0.29) is 23.9 Å². The zero-order valence-corrected chi connectivity index (χ0v) is 18.5. The SMILES string of the molecule is CC(=O)N[C@H]1CC[C@H](Nc2cc(NC3CC3)c3ncc(C(=O)Nc4ccncc4)n3n2)CC1. The molecular weight excluding hydrogens is 420 g/mol. The average Bonchev–Trinajstić information content (AvgIpc) is 3.51. The minimum Gasteiger partial charge on any atom is -0.379 e. The van der Waals surface area contributed by atoms with Gasteiger partial charge in [-0.2, -0.15) is 0 Å². The van der Waals surface area contributed by atoms with Crippen LogP contribution in [-0.4, -0.2) is 49.5 Å². The Balaban J connectivity index is 1.37. The molecule has 10 heteroatoms. The van der Waals surface area contributed by atoms with Crippen LogP contribution in [0.15, 0.2) is 36.8 Å². The van der Waals surface area contributed by atoms with Gasteiger partial charge in [0.15, 0.2) is 11.3 Å². The second kappa shape index (κ2) is 9.05. The molecule has 2 aliphatic rings. The molecule has 3 aromatic heterocycles. The Kier molecular flexibility index (Phi) is 5.80. The van der Waals surface area contributed by atoms with Crippen LogP contribution >= 0.6 is 0 Å². The number of hydrogen-bond acceptors (Lipinski definition) is 7. The number of anilines is 3. The number of imidazole rings is 1. The Labute approximate surface area is 191 Å². The van der Waals surface area contributed by atoms with E-state index < -0.39 is 0 Å². The highest BCUT2D eigenvalue weighted by Gasteiger charge is 2.26. The van der Waals surface area contributed by atoms with Crippen molar-refractivity contribution in [2.75, 3.05) is 16.0 Å². The second-order valence-corrected chi connectivity index (χ2v) is 8.82. The number of nitrogens with one attached hydrogen (secondary N) is 4. The van der Waals surface area contributed by atoms with Gasteiger partial charge < -0.3 is 21.3 Å². The Hall–Kier alpha value is -3.69. The van der Waals surface area contributed by atoms with Crippen molar-refractivity contribution in [3.8, 4) is 0 Å². The first-order chi connectivity index (χ1) is 16.0. The van der Waals surface area contributed by atoms with Crippen molar-refractivity contribution in [1.29, 1.82) is 0 Å². The van der Waals surface area contributed by atoms with Gasteiger partial charge in [-0.05, 0) is 50.7 Å². The molecule has 0 radical (unpaired) electrons. The third kappa shape index (κ3) is 5.05. The van der Waals surface area contributed by atoms with E-state index >= 15 is 0 Å². The molecule has 0 aliphatic heterocycles. The number of fused-ring (bicyclic) bond motifs is 1. The molecule has 2 saturated carbocycles. The zero-order chi connectivity index (χ0) is 22.8. The van der Waals surface area contributed by atoms with E-state index in [1.807, 2.05) is 6.07 Å². The summed E-state index contributed by atoms with van der Waals surface area (Å²) in [5.41, 5.74) is 2.51. The second-order valence-electron chi connectivity index (χ2n) is 8.82. The van der Waals surface area contributed by atoms with Crippen molar-refractivity contribution in [1.82, 2.24) is 24.9 Å². The predicted molar refractivity (Wildman–Crippen MR) is 125 cm³/mol. The maximum atomic E-state index is 13.0. The lowest BCUT2D eigenvalue weighted by molar-refractivity contribution is -0.119. The van der Waals surface area contributed by atoms with Crippen molar-refractivity contribution in [2.24, 2.45) is 0 Å². The van der Waals surface area contributed by atoms with Crippen LogP contribution in [0.1, 0.15) is 55.9 Å². The minimum absolute atomic E-state index is 0.0204. The first kappa shape index (κ1) is 21.2. The van der Waals surface area contributed by atoms with E-state index in [2.05, 4.69) is 31.2 Å². The monoisotopic (exact) mass is 448 g/mol. The number of rotatable bonds is 7. The van der Waals surface area contributed by atoms with Crippen LogP contribution in [0.5, 0.6) is 0 Å². The van der Waals surface area contributed by atoms with Crippen LogP contribution in [0.3, 0.4) is 0 Å². The third-order valence-corrected chi connectivity index (χ3v) is 6.06. The lowest BCUT2D eigenvalue weighted by Gasteiger charge is -2.29. The summed E-state index contributed by atoms with van der Waals surface area (Å²) in [5.74, 6) is 0.433. The fraction of sp³-hybridized carbons (Fsp3) is 0.435. The van der Waals surface area contributed by atoms with E-state index in [0.717, 1.165) is 44.2 Å². The highest BCUT2D eigenvalue weighted by molar-refractivity contribution is 6.03. The van der Waals surface area contributed by atoms with Gasteiger partial charge in [0.2, 0.25) is 5.91 Å². The van der Waals surface area contributed by atoms with Crippen molar-refractivity contribution in [3.63, 3.8) is 0 Å². The normalized spacial score (nSPS) is 20.3. The van der Waals surface area contributed by atoms with Crippen LogP contribution in [-0.2, 0) is 4.79 Å². The summed E-state index contributed by atoms with van der Waals surface area (Å²) in [6, 6.07) is 6.37. The largest absolute Gasteiger partial charge is 0.379 e. The fourth-order valence-electron chi connectivity index (χ4n) is 4.26. The Morgan fingerprint density at radius 3 is 2.33 bits per heavy atom. The van der Waals surface area contributed by atoms with Crippen LogP contribution in [0.25, 0.3) is 5.65 Å². The lowest BCUT2D eigenvalue weighted by atomic mass is 9.91. The van der Waals surface area contributed by atoms with Gasteiger partial charge in [-0.15, -0.1) is 5.10 Å². The average molecular weight is 449 g/mol. The molecule has 0 bridgehead atoms. The summed E-state index contributed by atoms with van der Waals surface area (Å²) >= 11 is 0. The van der Waals surface area contributed by atoms with Crippen molar-refractivity contribution in [2.45, 2.75) is 63.6 Å². The van der Waals surface area contributed by atoms with Crippen LogP contribution in [0.2, 0.25) is 0 Å². The number of nitrogens with zero attached hydrogens (tertiary/aromatic N) is 4. The molecule has 33 heavy (non-hydrogen) atoms. The summed E-state index contributed by atoms with van der Waals surface area (Å²) in [6.07, 6.45) is 10.8. The summed E-state index contributed by atoms with van der Waals surface area (Å²) in [6.45, 7) is 1.56. The molecule has 0 atom stereocenters. The van der Waals surface area contributed by atoms with Gasteiger partial charge in [0.25, 0.3) is 5.91 Å². The van der Waals surface area contributed by atoms with E-state index in [0.29, 0.717) is 28.9 Å². The summed E-state index contributed by atoms with van der Waals surface area (Å²) in [5, 5.41) is 17.6. The Bertz CT molecular complexity index is 1150. The maximum absolute atomic E-state index is 13.0. The Morgan fingerprint density at radius 2 is 1.64 bits per heavy atom. The van der Waals surface area contributed by atoms with Crippen LogP contribution < -0.4 is 21.3 Å². The molecule has 0 unspecified atom stereocenters. The molecule has 5 rings (SSSR count). The topological polar surface area (TPSA) is 125 Å². The van der Waals surface area contributed by atoms with Gasteiger partial charge in [-0.25, -0.2) is 9.50 Å². The first-order valence-corrected chi connectivity index (χ1v) is 11.5. The van der Waals surface area contributed by atoms with Crippen molar-refractivity contribution in [3.05, 3.63) is 42.5 Å². The number of hydrogen-bond donors (Lipinski definition) is 4. The molecule has 10 nitrogen and oxygen atoms in total. The molecule has 4 N–H and O–H groups in total. The molecule has 172 valence electrons. The molecule has 2 aliphatic carbocycles. The Morgan fingerprint density at radius 1 is 0.970 bits per heavy atom. The minimum atomic E-state index is -0.286. The zero-order valence-electron chi connectivity index (χ0n) is 18.5. The van der Waals surface area contributed by atoms with Gasteiger partial charge in [-0.1, -0.05) is 0 Å². The smallest absolute Gasteiger partial charge is 0.276 e. The molecule has 2 amide bonds. The quantitative estimate of drug-likeness (QED) is 0.438. The van der Waals surface area contributed by atoms with Gasteiger partial charge in [0, 0.05) is 49.2 Å². The van der Waals surface area contributed by atoms with Crippen LogP contribution in [0.4, 0.5) is 17.2 Å². The van der Waals surface area contributed by atoms with Gasteiger partial charge in [-0.3, -0.25) is 14.6 Å². The van der Waals surface area contributed by atoms with E-state index in [1.54, 1.807) is 42.2 Å². The summed E-state index contributed by atoms with van der Waals surface area (Å²) < 4.78 is 1.60. The van der Waals surface area contributed by atoms with Gasteiger partial charge >= 0.3 is 0 Å². The highest BCUT2D eigenvalue weighted by atomic mass is 16.2. The van der Waals surface area contributed by atoms with E-state index in [1.165, 1.54) is 0 Å². The molecule has 3 aromatic rings. The summed E-state index contributed by atoms with van der Waals surface area (Å²) in [4.78, 5) is 32.7. The number of aromatic nitrogens is 4. The molecule has 0 aromatic carbocycles. The standard InChI is InChI=1S/C23H28N8O2/c1-14(32)26-15-2-6-17(7-3-15)28-21-12-19(27-16-4-5-16)22-25-13-20(31(22)30-21)23(33)29-18-8-10-24-11-9-18/h8-13,15-17,27H,2-7H2,1H3,(H,26,32)(H,28,30)(H,24,29,33)/t15-,17-. The molecule has 3 heterocycles. The summed E-state index contributed by atoms with van der Waals surface area (Å²) in [7, 11) is 0. The molecule has 0 saturated heterocycles. The van der Waals surface area contributed by atoms with Crippen LogP contribution in [0, 0.1) is 0 Å². The third-order valence-electron chi connectivity index (χ3n) is 6.06. The molecular formula is C23H28N8O2. The maximum Gasteiger partial charge on any atom is 0.276 e. The van der Waals surface area contributed by atoms with Gasteiger partial charge in [0.05, 0.1) is 11.9 Å². The van der Waals surface area contributed by atoms with Crippen molar-refractivity contribution >= 4 is 34.7 Å². The predicted octanol–water partition coefficient (Wildman–Crippen LogP) is 2.81. The highest BCUT2D eigenvalue weighted by Crippen LogP contribution is 2.30. The lowest BCUT2D eigenvalue weighted by Crippen LogP contribution is -2.39. The number of carbonyl (C=O) groups is 2. The fourth-order valence-corrected chi connectivity index (χ4v) is 4.26. The van der Waals surface area contributed by atoms with E-state index in [4.69, 9.17) is 5.10 Å². The molecule has 0 spiro atoms. The number of pyridine rings is 1. The van der Waals surface area contributed by atoms with Crippen molar-refractivity contribution < 1.29 is 9.59 Å². The first-order valence-electron chi connectivity index (χ1n) is 11.5. The molecule has 2 fully saturated rings.